The quantitative estimate of drug-likeness (QED) is 0.943. The smallest absolute Gasteiger partial charge is 0.258 e. The van der Waals surface area contributed by atoms with Crippen LogP contribution in [0.15, 0.2) is 22.7 Å². The van der Waals surface area contributed by atoms with Crippen molar-refractivity contribution in [2.45, 2.75) is 6.54 Å². The van der Waals surface area contributed by atoms with E-state index in [0.29, 0.717) is 28.3 Å². The Hall–Kier alpha value is -1.14. The molecule has 1 N–H and O–H groups in total. The summed E-state index contributed by atoms with van der Waals surface area (Å²) in [5.74, 6) is 1.15. The minimum Gasteiger partial charge on any atom is -0.334 e. The standard InChI is InChI=1S/C13H14Cl2N4O/c14-10-2-1-9(7-11(10)15)13-17-12(18-20-13)8-19-5-3-16-4-6-19/h1-2,7,16H,3-6,8H2. The predicted molar refractivity (Wildman–Crippen MR) is 77.9 cm³/mol. The van der Waals surface area contributed by atoms with Crippen LogP contribution in [0.4, 0.5) is 0 Å². The van der Waals surface area contributed by atoms with Crippen LogP contribution < -0.4 is 5.32 Å². The van der Waals surface area contributed by atoms with Crippen LogP contribution in [0.5, 0.6) is 0 Å². The van der Waals surface area contributed by atoms with Crippen LogP contribution in [0.25, 0.3) is 11.5 Å². The molecule has 106 valence electrons. The lowest BCUT2D eigenvalue weighted by atomic mass is 10.2. The van der Waals surface area contributed by atoms with Gasteiger partial charge in [0.05, 0.1) is 16.6 Å². The van der Waals surface area contributed by atoms with Gasteiger partial charge in [-0.15, -0.1) is 0 Å². The molecule has 1 fully saturated rings. The number of rotatable bonds is 3. The van der Waals surface area contributed by atoms with Crippen LogP contribution in [0.3, 0.4) is 0 Å². The lowest BCUT2D eigenvalue weighted by Crippen LogP contribution is -2.43. The van der Waals surface area contributed by atoms with E-state index in [0.717, 1.165) is 31.7 Å². The topological polar surface area (TPSA) is 54.2 Å². The van der Waals surface area contributed by atoms with Crippen molar-refractivity contribution < 1.29 is 4.52 Å². The fourth-order valence-corrected chi connectivity index (χ4v) is 2.43. The number of hydrogen-bond acceptors (Lipinski definition) is 5. The van der Waals surface area contributed by atoms with Crippen LogP contribution in [-0.2, 0) is 6.54 Å². The molecule has 1 aromatic carbocycles. The van der Waals surface area contributed by atoms with Gasteiger partial charge in [-0.05, 0) is 18.2 Å². The number of hydrogen-bond donors (Lipinski definition) is 1. The molecule has 1 saturated heterocycles. The molecule has 2 heterocycles. The first-order valence-corrected chi connectivity index (χ1v) is 7.19. The van der Waals surface area contributed by atoms with Crippen molar-refractivity contribution in [1.82, 2.24) is 20.4 Å². The minimum atomic E-state index is 0.466. The molecular formula is C13H14Cl2N4O. The average molecular weight is 313 g/mol. The third-order valence-electron chi connectivity index (χ3n) is 3.21. The molecule has 1 aliphatic heterocycles. The predicted octanol–water partition coefficient (Wildman–Crippen LogP) is 2.45. The zero-order chi connectivity index (χ0) is 13.9. The maximum atomic E-state index is 5.99. The van der Waals surface area contributed by atoms with Crippen molar-refractivity contribution in [3.63, 3.8) is 0 Å². The molecule has 0 saturated carbocycles. The summed E-state index contributed by atoms with van der Waals surface area (Å²) in [6.07, 6.45) is 0. The lowest BCUT2D eigenvalue weighted by molar-refractivity contribution is 0.225. The average Bonchev–Trinajstić information content (AvgIpc) is 2.91. The van der Waals surface area contributed by atoms with Gasteiger partial charge >= 0.3 is 0 Å². The Kier molecular flexibility index (Phi) is 4.21. The molecule has 1 aliphatic rings. The second kappa shape index (κ2) is 6.10. The van der Waals surface area contributed by atoms with Crippen molar-refractivity contribution in [2.75, 3.05) is 26.2 Å². The van der Waals surface area contributed by atoms with Gasteiger partial charge in [0, 0.05) is 31.7 Å². The van der Waals surface area contributed by atoms with E-state index in [1.165, 1.54) is 0 Å². The molecule has 5 nitrogen and oxygen atoms in total. The van der Waals surface area contributed by atoms with Crippen molar-refractivity contribution in [3.05, 3.63) is 34.1 Å². The molecule has 0 aliphatic carbocycles. The Labute approximate surface area is 126 Å². The number of halogens is 2. The van der Waals surface area contributed by atoms with E-state index in [-0.39, 0.29) is 0 Å². The van der Waals surface area contributed by atoms with E-state index in [4.69, 9.17) is 27.7 Å². The van der Waals surface area contributed by atoms with Gasteiger partial charge in [-0.25, -0.2) is 0 Å². The fourth-order valence-electron chi connectivity index (χ4n) is 2.13. The second-order valence-electron chi connectivity index (χ2n) is 4.67. The molecule has 0 bridgehead atoms. The summed E-state index contributed by atoms with van der Waals surface area (Å²) in [7, 11) is 0. The van der Waals surface area contributed by atoms with Crippen molar-refractivity contribution in [2.24, 2.45) is 0 Å². The number of piperazine rings is 1. The SMILES string of the molecule is Clc1ccc(-c2nc(CN3CCNCC3)no2)cc1Cl. The van der Waals surface area contributed by atoms with E-state index in [1.54, 1.807) is 12.1 Å². The van der Waals surface area contributed by atoms with Gasteiger partial charge < -0.3 is 9.84 Å². The van der Waals surface area contributed by atoms with Crippen molar-refractivity contribution in [1.29, 1.82) is 0 Å². The van der Waals surface area contributed by atoms with Gasteiger partial charge in [-0.3, -0.25) is 4.90 Å². The summed E-state index contributed by atoms with van der Waals surface area (Å²) in [5.41, 5.74) is 0.776. The highest BCUT2D eigenvalue weighted by atomic mass is 35.5. The van der Waals surface area contributed by atoms with E-state index in [1.807, 2.05) is 6.07 Å². The van der Waals surface area contributed by atoms with Crippen LogP contribution in [0.1, 0.15) is 5.82 Å². The maximum Gasteiger partial charge on any atom is 0.258 e. The summed E-state index contributed by atoms with van der Waals surface area (Å²) >= 11 is 11.9. The summed E-state index contributed by atoms with van der Waals surface area (Å²) in [6.45, 7) is 4.69. The second-order valence-corrected chi connectivity index (χ2v) is 5.49. The number of nitrogens with one attached hydrogen (secondary N) is 1. The fraction of sp³-hybridized carbons (Fsp3) is 0.385. The monoisotopic (exact) mass is 312 g/mol. The lowest BCUT2D eigenvalue weighted by Gasteiger charge is -2.25. The zero-order valence-corrected chi connectivity index (χ0v) is 12.3. The van der Waals surface area contributed by atoms with Gasteiger partial charge in [0.25, 0.3) is 5.89 Å². The molecule has 0 atom stereocenters. The van der Waals surface area contributed by atoms with E-state index < -0.39 is 0 Å². The molecule has 7 heteroatoms. The highest BCUT2D eigenvalue weighted by molar-refractivity contribution is 6.42. The Morgan fingerprint density at radius 1 is 1.20 bits per heavy atom. The van der Waals surface area contributed by atoms with Crippen molar-refractivity contribution in [3.8, 4) is 11.5 Å². The molecule has 2 aromatic rings. The minimum absolute atomic E-state index is 0.466. The van der Waals surface area contributed by atoms with E-state index in [2.05, 4.69) is 20.4 Å². The van der Waals surface area contributed by atoms with Crippen LogP contribution >= 0.6 is 23.2 Å². The molecule has 0 unspecified atom stereocenters. The van der Waals surface area contributed by atoms with Crippen LogP contribution in [-0.4, -0.2) is 41.2 Å². The summed E-state index contributed by atoms with van der Waals surface area (Å²) in [4.78, 5) is 6.70. The van der Waals surface area contributed by atoms with E-state index in [9.17, 15) is 0 Å². The molecule has 0 spiro atoms. The Morgan fingerprint density at radius 3 is 2.75 bits per heavy atom. The molecule has 0 amide bonds. The van der Waals surface area contributed by atoms with Crippen LogP contribution in [0.2, 0.25) is 10.0 Å². The first-order valence-electron chi connectivity index (χ1n) is 6.43. The Bertz CT molecular complexity index is 596. The van der Waals surface area contributed by atoms with Gasteiger partial charge in [0.15, 0.2) is 5.82 Å². The van der Waals surface area contributed by atoms with Crippen LogP contribution in [0, 0.1) is 0 Å². The molecule has 3 rings (SSSR count). The maximum absolute atomic E-state index is 5.99. The zero-order valence-electron chi connectivity index (χ0n) is 10.8. The highest BCUT2D eigenvalue weighted by Gasteiger charge is 2.15. The van der Waals surface area contributed by atoms with E-state index >= 15 is 0 Å². The van der Waals surface area contributed by atoms with Crippen molar-refractivity contribution >= 4 is 23.2 Å². The molecule has 1 aromatic heterocycles. The third kappa shape index (κ3) is 3.12. The third-order valence-corrected chi connectivity index (χ3v) is 3.95. The first-order chi connectivity index (χ1) is 9.72. The van der Waals surface area contributed by atoms with Gasteiger partial charge in [0.1, 0.15) is 0 Å². The molecule has 20 heavy (non-hydrogen) atoms. The summed E-state index contributed by atoms with van der Waals surface area (Å²) < 4.78 is 5.28. The normalized spacial score (nSPS) is 16.5. The number of aromatic nitrogens is 2. The van der Waals surface area contributed by atoms with Gasteiger partial charge in [-0.1, -0.05) is 28.4 Å². The van der Waals surface area contributed by atoms with Gasteiger partial charge in [-0.2, -0.15) is 4.98 Å². The van der Waals surface area contributed by atoms with Gasteiger partial charge in [0.2, 0.25) is 0 Å². The summed E-state index contributed by atoms with van der Waals surface area (Å²) in [5, 5.41) is 8.31. The number of benzene rings is 1. The summed E-state index contributed by atoms with van der Waals surface area (Å²) in [6, 6.07) is 5.27. The largest absolute Gasteiger partial charge is 0.334 e. The number of nitrogens with zero attached hydrogens (tertiary/aromatic N) is 3. The molecule has 0 radical (unpaired) electrons. The Morgan fingerprint density at radius 2 is 2.00 bits per heavy atom. The Balaban J connectivity index is 1.73. The molecular weight excluding hydrogens is 299 g/mol. The first kappa shape index (κ1) is 13.8. The highest BCUT2D eigenvalue weighted by Crippen LogP contribution is 2.27.